The molecule has 6 N–H and O–H groups in total. The van der Waals surface area contributed by atoms with Gasteiger partial charge in [-0.25, -0.2) is 4.79 Å². The molecule has 3 fully saturated rings. The van der Waals surface area contributed by atoms with E-state index in [1.54, 1.807) is 23.8 Å². The van der Waals surface area contributed by atoms with Crippen LogP contribution < -0.4 is 4.74 Å². The number of hydrogen-bond acceptors (Lipinski definition) is 13. The molecule has 8 atom stereocenters. The van der Waals surface area contributed by atoms with Crippen molar-refractivity contribution < 1.29 is 59.2 Å². The fourth-order valence-electron chi connectivity index (χ4n) is 8.65. The van der Waals surface area contributed by atoms with Gasteiger partial charge >= 0.3 is 5.97 Å². The SMILES string of the molecule is Cc1cc2cc(C(=O)O)cc(OC3OC(CO)C4(CCC(C)C5CCOCC5(CCO)CSSCO4)C(O)C3O)c2c(O)c1C(=O)CCc1ccccc1. The minimum atomic E-state index is -1.73. The van der Waals surface area contributed by atoms with Crippen LogP contribution in [-0.2, 0) is 20.6 Å². The Bertz CT molecular complexity index is 1780. The Balaban J connectivity index is 1.30. The van der Waals surface area contributed by atoms with Crippen molar-refractivity contribution in [3.8, 4) is 11.5 Å². The zero-order chi connectivity index (χ0) is 38.6. The van der Waals surface area contributed by atoms with Crippen LogP contribution in [0.15, 0.2) is 48.5 Å². The molecule has 14 heteroatoms. The first-order chi connectivity index (χ1) is 25.9. The van der Waals surface area contributed by atoms with E-state index in [2.05, 4.69) is 6.92 Å². The number of carbonyl (C=O) groups excluding carboxylic acids is 1. The van der Waals surface area contributed by atoms with E-state index >= 15 is 0 Å². The van der Waals surface area contributed by atoms with Crippen molar-refractivity contribution in [3.05, 3.63) is 70.8 Å². The molecule has 0 amide bonds. The van der Waals surface area contributed by atoms with Crippen molar-refractivity contribution in [1.29, 1.82) is 0 Å². The summed E-state index contributed by atoms with van der Waals surface area (Å²) in [6, 6.07) is 13.6. The molecule has 3 aliphatic rings. The average Bonchev–Trinajstić information content (AvgIpc) is 3.18. The van der Waals surface area contributed by atoms with Gasteiger partial charge in [-0.15, -0.1) is 0 Å². The summed E-state index contributed by atoms with van der Waals surface area (Å²) >= 11 is 0. The van der Waals surface area contributed by atoms with Gasteiger partial charge in [0.05, 0.1) is 29.7 Å². The van der Waals surface area contributed by atoms with E-state index in [1.807, 2.05) is 30.3 Å². The van der Waals surface area contributed by atoms with Crippen LogP contribution in [0.3, 0.4) is 0 Å². The minimum absolute atomic E-state index is 0.0380. The number of carboxylic acids is 1. The number of aryl methyl sites for hydroxylation is 2. The number of phenols is 1. The Kier molecular flexibility index (Phi) is 13.2. The van der Waals surface area contributed by atoms with E-state index < -0.39 is 48.5 Å². The van der Waals surface area contributed by atoms with Gasteiger partial charge in [0.2, 0.25) is 6.29 Å². The average molecular weight is 787 g/mol. The number of aromatic carboxylic acids is 1. The Labute approximate surface area is 322 Å². The zero-order valence-electron chi connectivity index (χ0n) is 30.5. The van der Waals surface area contributed by atoms with Crippen LogP contribution in [0.5, 0.6) is 11.5 Å². The smallest absolute Gasteiger partial charge is 0.335 e. The van der Waals surface area contributed by atoms with Crippen molar-refractivity contribution in [2.75, 3.05) is 38.1 Å². The standard InChI is InChI=1S/C40H50O12S2/c1-23-10-12-40(50-22-54-53-21-39(13-14-41)20-49-15-11-28(23)39)31(19-42)52-38(35(45)36(40)46)51-30-18-27(37(47)48)17-26-16-24(2)32(34(44)33(26)30)29(43)9-8-25-6-4-3-5-7-25/h3-7,16-18,23,28,31,35-36,38,41-42,44-46H,8-15,19-22H2,1-2H3,(H,47,48). The number of hydrogen-bond donors (Lipinski definition) is 6. The summed E-state index contributed by atoms with van der Waals surface area (Å²) in [5, 5.41) is 66.3. The van der Waals surface area contributed by atoms with Gasteiger partial charge in [-0.1, -0.05) is 64.9 Å². The second-order valence-electron chi connectivity index (χ2n) is 14.8. The van der Waals surface area contributed by atoms with Crippen LogP contribution in [0.25, 0.3) is 10.8 Å². The highest BCUT2D eigenvalue weighted by Gasteiger charge is 2.58. The van der Waals surface area contributed by atoms with Crippen LogP contribution in [-0.4, -0.2) is 111 Å². The third kappa shape index (κ3) is 8.14. The number of carboxylic acid groups (broad SMARTS) is 1. The number of benzene rings is 3. The number of aliphatic hydroxyl groups excluding tert-OH is 4. The van der Waals surface area contributed by atoms with Gasteiger partial charge < -0.3 is 49.6 Å². The fourth-order valence-corrected chi connectivity index (χ4v) is 11.1. The molecule has 6 rings (SSSR count). The first kappa shape index (κ1) is 40.7. The Morgan fingerprint density at radius 1 is 1.06 bits per heavy atom. The predicted molar refractivity (Wildman–Crippen MR) is 205 cm³/mol. The molecule has 3 aliphatic heterocycles. The lowest BCUT2D eigenvalue weighted by molar-refractivity contribution is -0.322. The normalized spacial score (nSPS) is 30.7. The van der Waals surface area contributed by atoms with Gasteiger partial charge in [-0.2, -0.15) is 0 Å². The molecule has 0 bridgehead atoms. The van der Waals surface area contributed by atoms with Crippen LogP contribution in [0.2, 0.25) is 0 Å². The van der Waals surface area contributed by atoms with Crippen molar-refractivity contribution in [1.82, 2.24) is 0 Å². The van der Waals surface area contributed by atoms with Gasteiger partial charge in [-0.05, 0) is 79.5 Å². The second kappa shape index (κ2) is 17.5. The number of phenolic OH excluding ortho intramolecular Hbond substituents is 1. The molecule has 294 valence electrons. The quantitative estimate of drug-likeness (QED) is 0.117. The van der Waals surface area contributed by atoms with E-state index in [-0.39, 0.29) is 76.1 Å². The summed E-state index contributed by atoms with van der Waals surface area (Å²) in [4.78, 5) is 25.8. The Morgan fingerprint density at radius 2 is 1.83 bits per heavy atom. The van der Waals surface area contributed by atoms with Crippen LogP contribution in [0, 0.1) is 24.2 Å². The van der Waals surface area contributed by atoms with E-state index in [9.17, 15) is 40.2 Å². The van der Waals surface area contributed by atoms with Crippen molar-refractivity contribution in [2.45, 2.75) is 82.6 Å². The van der Waals surface area contributed by atoms with E-state index in [4.69, 9.17) is 18.9 Å². The van der Waals surface area contributed by atoms with Crippen molar-refractivity contribution >= 4 is 44.1 Å². The maximum Gasteiger partial charge on any atom is 0.335 e. The summed E-state index contributed by atoms with van der Waals surface area (Å²) in [7, 11) is 3.02. The summed E-state index contributed by atoms with van der Waals surface area (Å²) in [5.41, 5.74) is -0.484. The van der Waals surface area contributed by atoms with Crippen molar-refractivity contribution in [3.63, 3.8) is 0 Å². The molecule has 0 saturated carbocycles. The summed E-state index contributed by atoms with van der Waals surface area (Å²) < 4.78 is 24.7. The number of rotatable bonds is 10. The summed E-state index contributed by atoms with van der Waals surface area (Å²) in [6.45, 7) is 4.39. The number of carbonyl (C=O) groups is 2. The Morgan fingerprint density at radius 3 is 2.56 bits per heavy atom. The number of fused-ring (bicyclic) bond motifs is 2. The minimum Gasteiger partial charge on any atom is -0.506 e. The molecule has 3 aromatic carbocycles. The molecule has 1 spiro atoms. The number of ketones is 1. The third-order valence-corrected chi connectivity index (χ3v) is 13.8. The van der Waals surface area contributed by atoms with Gasteiger partial charge in [0.25, 0.3) is 0 Å². The molecule has 12 nitrogen and oxygen atoms in total. The largest absolute Gasteiger partial charge is 0.506 e. The molecular formula is C40H50O12S2. The van der Waals surface area contributed by atoms with E-state index in [0.717, 1.165) is 17.7 Å². The predicted octanol–water partition coefficient (Wildman–Crippen LogP) is 5.11. The molecule has 0 aromatic heterocycles. The zero-order valence-corrected chi connectivity index (χ0v) is 32.2. The maximum absolute atomic E-state index is 13.5. The highest BCUT2D eigenvalue weighted by molar-refractivity contribution is 8.76. The first-order valence-corrected chi connectivity index (χ1v) is 20.9. The molecule has 3 aromatic rings. The topological polar surface area (TPSA) is 192 Å². The number of aliphatic hydroxyl groups is 4. The fraction of sp³-hybridized carbons (Fsp3) is 0.550. The maximum atomic E-state index is 13.5. The third-order valence-electron chi connectivity index (χ3n) is 11.6. The first-order valence-electron chi connectivity index (χ1n) is 18.4. The number of ether oxygens (including phenoxy) is 4. The molecule has 0 radical (unpaired) electrons. The molecule has 3 saturated heterocycles. The molecule has 3 heterocycles. The molecular weight excluding hydrogens is 737 g/mol. The Hall–Kier alpha value is -2.92. The summed E-state index contributed by atoms with van der Waals surface area (Å²) in [6.07, 6.45) is -3.38. The lowest BCUT2D eigenvalue weighted by atomic mass is 9.65. The molecule has 8 unspecified atom stereocenters. The summed E-state index contributed by atoms with van der Waals surface area (Å²) in [5.74, 6) is -1.01. The van der Waals surface area contributed by atoms with Crippen molar-refractivity contribution in [2.24, 2.45) is 17.3 Å². The molecule has 0 aliphatic carbocycles. The molecule has 54 heavy (non-hydrogen) atoms. The van der Waals surface area contributed by atoms with E-state index in [1.165, 1.54) is 22.9 Å². The second-order valence-corrected chi connectivity index (χ2v) is 17.2. The lowest BCUT2D eigenvalue weighted by Crippen LogP contribution is -2.69. The van der Waals surface area contributed by atoms with Gasteiger partial charge in [0, 0.05) is 30.8 Å². The van der Waals surface area contributed by atoms with E-state index in [0.29, 0.717) is 38.0 Å². The van der Waals surface area contributed by atoms with Crippen LogP contribution >= 0.6 is 21.6 Å². The lowest BCUT2D eigenvalue weighted by Gasteiger charge is -2.51. The number of aromatic hydroxyl groups is 1. The van der Waals surface area contributed by atoms with Gasteiger partial charge in [0.15, 0.2) is 5.78 Å². The van der Waals surface area contributed by atoms with Gasteiger partial charge in [-0.3, -0.25) is 4.79 Å². The van der Waals surface area contributed by atoms with Crippen LogP contribution in [0.1, 0.15) is 70.9 Å². The van der Waals surface area contributed by atoms with Crippen LogP contribution in [0.4, 0.5) is 0 Å². The highest BCUT2D eigenvalue weighted by Crippen LogP contribution is 2.50. The highest BCUT2D eigenvalue weighted by atomic mass is 33.1. The number of Topliss-reactive ketones (excluding diaryl/α,β-unsaturated/α-hetero) is 1. The monoisotopic (exact) mass is 786 g/mol. The van der Waals surface area contributed by atoms with Gasteiger partial charge in [0.1, 0.15) is 41.4 Å².